The number of nitrogens with zero attached hydrogens (tertiary/aromatic N) is 2. The molecule has 2 rings (SSSR count). The summed E-state index contributed by atoms with van der Waals surface area (Å²) in [6.07, 6.45) is 0. The number of benzene rings is 1. The fourth-order valence-electron chi connectivity index (χ4n) is 1.16. The Morgan fingerprint density at radius 3 is 2.72 bits per heavy atom. The van der Waals surface area contributed by atoms with Gasteiger partial charge < -0.3 is 0 Å². The first-order chi connectivity index (χ1) is 8.38. The number of anilines is 1. The van der Waals surface area contributed by atoms with Crippen molar-refractivity contribution >= 4 is 42.6 Å². The third-order valence-electron chi connectivity index (χ3n) is 1.95. The molecule has 5 nitrogen and oxygen atoms in total. The Hall–Kier alpha value is -1.06. The van der Waals surface area contributed by atoms with Crippen molar-refractivity contribution in [3.63, 3.8) is 0 Å². The lowest BCUT2D eigenvalue weighted by atomic mass is 10.3. The van der Waals surface area contributed by atoms with Gasteiger partial charge in [0.15, 0.2) is 0 Å². The number of hydrogen-bond acceptors (Lipinski definition) is 5. The van der Waals surface area contributed by atoms with Crippen molar-refractivity contribution in [1.82, 2.24) is 9.36 Å². The van der Waals surface area contributed by atoms with E-state index >= 15 is 0 Å². The second-order valence-electron chi connectivity index (χ2n) is 3.33. The van der Waals surface area contributed by atoms with Crippen molar-refractivity contribution in [3.05, 3.63) is 34.3 Å². The minimum absolute atomic E-state index is 0.149. The lowest BCUT2D eigenvalue weighted by molar-refractivity contribution is 0.593. The number of sulfonamides is 1. The Bertz CT molecular complexity index is 687. The van der Waals surface area contributed by atoms with Gasteiger partial charge in [-0.15, -0.1) is 0 Å². The van der Waals surface area contributed by atoms with E-state index in [1.807, 2.05) is 0 Å². The van der Waals surface area contributed by atoms with Crippen molar-refractivity contribution in [2.45, 2.75) is 11.8 Å². The zero-order valence-corrected chi connectivity index (χ0v) is 12.2. The summed E-state index contributed by atoms with van der Waals surface area (Å²) in [5, 5.41) is 0.149. The van der Waals surface area contributed by atoms with Crippen LogP contribution in [0.2, 0.25) is 0 Å². The van der Waals surface area contributed by atoms with Gasteiger partial charge in [-0.3, -0.25) is 4.72 Å². The van der Waals surface area contributed by atoms with Gasteiger partial charge in [0.25, 0.3) is 10.0 Å². The van der Waals surface area contributed by atoms with Crippen LogP contribution in [0.4, 0.5) is 9.52 Å². The molecule has 0 bridgehead atoms. The molecule has 0 aliphatic carbocycles. The van der Waals surface area contributed by atoms with Crippen LogP contribution in [-0.2, 0) is 10.0 Å². The molecule has 0 amide bonds. The van der Waals surface area contributed by atoms with Crippen molar-refractivity contribution < 1.29 is 12.8 Å². The number of rotatable bonds is 3. The average Bonchev–Trinajstić information content (AvgIpc) is 2.67. The predicted octanol–water partition coefficient (Wildman–Crippen LogP) is 2.55. The van der Waals surface area contributed by atoms with Gasteiger partial charge in [-0.25, -0.2) is 17.8 Å². The van der Waals surface area contributed by atoms with Crippen LogP contribution >= 0.6 is 27.5 Å². The quantitative estimate of drug-likeness (QED) is 0.922. The molecule has 0 spiro atoms. The molecule has 1 N–H and O–H groups in total. The SMILES string of the molecule is Cc1nsc(NS(=O)(=O)c2ccc(Br)c(F)c2)n1. The highest BCUT2D eigenvalue weighted by atomic mass is 79.9. The molecule has 96 valence electrons. The van der Waals surface area contributed by atoms with E-state index in [9.17, 15) is 12.8 Å². The summed E-state index contributed by atoms with van der Waals surface area (Å²) in [4.78, 5) is 3.71. The van der Waals surface area contributed by atoms with E-state index in [1.54, 1.807) is 6.92 Å². The van der Waals surface area contributed by atoms with Gasteiger partial charge in [-0.1, -0.05) is 0 Å². The smallest absolute Gasteiger partial charge is 0.253 e. The Balaban J connectivity index is 2.33. The molecule has 0 aliphatic rings. The number of nitrogens with one attached hydrogen (secondary N) is 1. The largest absolute Gasteiger partial charge is 0.263 e. The third kappa shape index (κ3) is 2.85. The standard InChI is InChI=1S/C9H7BrFN3O2S2/c1-5-12-9(17-13-5)14-18(15,16)6-2-3-7(10)8(11)4-6/h2-4H,1H3,(H,12,13,14). The topological polar surface area (TPSA) is 72.0 Å². The second-order valence-corrected chi connectivity index (χ2v) is 6.62. The highest BCUT2D eigenvalue weighted by molar-refractivity contribution is 9.10. The molecular formula is C9H7BrFN3O2S2. The maximum absolute atomic E-state index is 13.3. The van der Waals surface area contributed by atoms with E-state index in [0.29, 0.717) is 5.82 Å². The van der Waals surface area contributed by atoms with E-state index in [-0.39, 0.29) is 14.5 Å². The minimum atomic E-state index is -3.84. The molecule has 0 saturated carbocycles. The maximum atomic E-state index is 13.3. The monoisotopic (exact) mass is 351 g/mol. The van der Waals surface area contributed by atoms with E-state index in [4.69, 9.17) is 0 Å². The molecule has 0 unspecified atom stereocenters. The molecule has 0 radical (unpaired) electrons. The van der Waals surface area contributed by atoms with Crippen LogP contribution in [0.3, 0.4) is 0 Å². The van der Waals surface area contributed by atoms with Crippen LogP contribution in [0.5, 0.6) is 0 Å². The Morgan fingerprint density at radius 2 is 2.17 bits per heavy atom. The summed E-state index contributed by atoms with van der Waals surface area (Å²) in [7, 11) is -3.84. The van der Waals surface area contributed by atoms with Gasteiger partial charge in [0, 0.05) is 11.5 Å². The summed E-state index contributed by atoms with van der Waals surface area (Å²) in [5.74, 6) is -0.175. The molecule has 1 heterocycles. The second kappa shape index (κ2) is 4.90. The van der Waals surface area contributed by atoms with Gasteiger partial charge in [0.05, 0.1) is 9.37 Å². The molecule has 1 aromatic carbocycles. The van der Waals surface area contributed by atoms with Crippen molar-refractivity contribution in [2.24, 2.45) is 0 Å². The van der Waals surface area contributed by atoms with Crippen LogP contribution in [0, 0.1) is 12.7 Å². The van der Waals surface area contributed by atoms with E-state index in [1.165, 1.54) is 12.1 Å². The molecular weight excluding hydrogens is 345 g/mol. The summed E-state index contributed by atoms with van der Waals surface area (Å²) in [6.45, 7) is 1.65. The summed E-state index contributed by atoms with van der Waals surface area (Å²) in [6, 6.07) is 3.55. The highest BCUT2D eigenvalue weighted by Gasteiger charge is 2.17. The third-order valence-corrected chi connectivity index (χ3v) is 4.78. The normalized spacial score (nSPS) is 11.5. The summed E-state index contributed by atoms with van der Waals surface area (Å²) in [5.41, 5.74) is 0. The lowest BCUT2D eigenvalue weighted by Crippen LogP contribution is -2.13. The fourth-order valence-corrected chi connectivity index (χ4v) is 3.21. The van der Waals surface area contributed by atoms with Gasteiger partial charge in [-0.05, 0) is 41.1 Å². The van der Waals surface area contributed by atoms with Gasteiger partial charge >= 0.3 is 0 Å². The minimum Gasteiger partial charge on any atom is -0.253 e. The number of aromatic nitrogens is 2. The van der Waals surface area contributed by atoms with Crippen molar-refractivity contribution in [1.29, 1.82) is 0 Å². The first kappa shape index (κ1) is 13.4. The fraction of sp³-hybridized carbons (Fsp3) is 0.111. The van der Waals surface area contributed by atoms with E-state index in [0.717, 1.165) is 17.6 Å². The molecule has 2 aromatic rings. The van der Waals surface area contributed by atoms with E-state index < -0.39 is 15.8 Å². The molecule has 0 atom stereocenters. The van der Waals surface area contributed by atoms with Gasteiger partial charge in [0.1, 0.15) is 11.6 Å². The van der Waals surface area contributed by atoms with Crippen molar-refractivity contribution in [3.8, 4) is 0 Å². The number of aryl methyl sites for hydroxylation is 1. The maximum Gasteiger partial charge on any atom is 0.263 e. The van der Waals surface area contributed by atoms with Crippen LogP contribution in [-0.4, -0.2) is 17.8 Å². The van der Waals surface area contributed by atoms with Gasteiger partial charge in [-0.2, -0.15) is 4.37 Å². The molecule has 1 aromatic heterocycles. The molecule has 0 fully saturated rings. The average molecular weight is 352 g/mol. The van der Waals surface area contributed by atoms with Crippen LogP contribution < -0.4 is 4.72 Å². The molecule has 9 heteroatoms. The Kier molecular flexibility index (Phi) is 3.64. The molecule has 18 heavy (non-hydrogen) atoms. The summed E-state index contributed by atoms with van der Waals surface area (Å²) >= 11 is 3.88. The number of hydrogen-bond donors (Lipinski definition) is 1. The Labute approximate surface area is 115 Å². The van der Waals surface area contributed by atoms with Crippen LogP contribution in [0.25, 0.3) is 0 Å². The predicted molar refractivity (Wildman–Crippen MR) is 69.6 cm³/mol. The number of halogens is 2. The van der Waals surface area contributed by atoms with Crippen molar-refractivity contribution in [2.75, 3.05) is 4.72 Å². The van der Waals surface area contributed by atoms with Crippen LogP contribution in [0.1, 0.15) is 5.82 Å². The molecule has 0 aliphatic heterocycles. The van der Waals surface area contributed by atoms with Gasteiger partial charge in [0.2, 0.25) is 5.13 Å². The summed E-state index contributed by atoms with van der Waals surface area (Å²) < 4.78 is 43.4. The zero-order valence-electron chi connectivity index (χ0n) is 9.02. The first-order valence-electron chi connectivity index (χ1n) is 4.67. The molecule has 0 saturated heterocycles. The first-order valence-corrected chi connectivity index (χ1v) is 7.71. The highest BCUT2D eigenvalue weighted by Crippen LogP contribution is 2.22. The van der Waals surface area contributed by atoms with Crippen LogP contribution in [0.15, 0.2) is 27.6 Å². The van der Waals surface area contributed by atoms with E-state index in [2.05, 4.69) is 30.0 Å². The Morgan fingerprint density at radius 1 is 1.44 bits per heavy atom. The zero-order chi connectivity index (χ0) is 13.3. The lowest BCUT2D eigenvalue weighted by Gasteiger charge is -2.05.